The van der Waals surface area contributed by atoms with Crippen LogP contribution in [0, 0.1) is 0 Å². The Morgan fingerprint density at radius 1 is 0.837 bits per heavy atom. The summed E-state index contributed by atoms with van der Waals surface area (Å²) in [7, 11) is -3.29. The zero-order valence-corrected chi connectivity index (χ0v) is 24.8. The summed E-state index contributed by atoms with van der Waals surface area (Å²) < 4.78 is 23.5. The second-order valence-corrected chi connectivity index (χ2v) is 12.7. The van der Waals surface area contributed by atoms with Crippen LogP contribution in [0.5, 0.6) is 0 Å². The molecule has 5 aromatic carbocycles. The molecule has 9 heteroatoms. The first kappa shape index (κ1) is 29.8. The van der Waals surface area contributed by atoms with E-state index in [1.165, 1.54) is 6.07 Å². The van der Waals surface area contributed by atoms with E-state index in [0.29, 0.717) is 22.8 Å². The number of aliphatic carboxylic acids is 1. The van der Waals surface area contributed by atoms with Crippen LogP contribution in [-0.4, -0.2) is 37.7 Å². The predicted molar refractivity (Wildman–Crippen MR) is 170 cm³/mol. The highest BCUT2D eigenvalue weighted by Gasteiger charge is 2.23. The number of rotatable bonds is 10. The number of carboxylic acid groups (broad SMARTS) is 1. The Morgan fingerprint density at radius 3 is 2.16 bits per heavy atom. The molecule has 0 spiro atoms. The Balaban J connectivity index is 1.29. The van der Waals surface area contributed by atoms with Crippen LogP contribution in [0.25, 0.3) is 21.9 Å². The number of anilines is 1. The Morgan fingerprint density at radius 2 is 1.49 bits per heavy atom. The zero-order valence-electron chi connectivity index (χ0n) is 23.3. The van der Waals surface area contributed by atoms with E-state index in [4.69, 9.17) is 11.6 Å². The normalized spacial score (nSPS) is 12.0. The number of benzene rings is 5. The van der Waals surface area contributed by atoms with Gasteiger partial charge in [0.15, 0.2) is 9.84 Å². The summed E-state index contributed by atoms with van der Waals surface area (Å²) >= 11 is 6.23. The van der Waals surface area contributed by atoms with Gasteiger partial charge in [-0.2, -0.15) is 0 Å². The Hall–Kier alpha value is -4.66. The first-order chi connectivity index (χ1) is 20.6. The first-order valence-electron chi connectivity index (χ1n) is 13.5. The van der Waals surface area contributed by atoms with Crippen LogP contribution in [-0.2, 0) is 27.6 Å². The lowest BCUT2D eigenvalue weighted by molar-refractivity contribution is -0.139. The van der Waals surface area contributed by atoms with Gasteiger partial charge in [-0.1, -0.05) is 90.5 Å². The molecule has 0 saturated heterocycles. The number of amides is 1. The molecule has 0 aromatic heterocycles. The SMILES string of the molecule is CS(=O)(=O)c1ccc(-c2ccc(CC(NC(=O)c3cc(Cl)ccc3NCc3cccc4ccccc34)C(=O)O)cc2)cc1. The molecular formula is C34H29ClN2O5S. The summed E-state index contributed by atoms with van der Waals surface area (Å²) in [6.45, 7) is 0.453. The van der Waals surface area contributed by atoms with Crippen LogP contribution in [0.15, 0.2) is 114 Å². The summed E-state index contributed by atoms with van der Waals surface area (Å²) in [5.74, 6) is -1.72. The molecule has 0 fully saturated rings. The molecule has 0 saturated carbocycles. The van der Waals surface area contributed by atoms with Crippen molar-refractivity contribution in [3.8, 4) is 11.1 Å². The number of hydrogen-bond acceptors (Lipinski definition) is 5. The fourth-order valence-electron chi connectivity index (χ4n) is 4.90. The fraction of sp³-hybridized carbons (Fsp3) is 0.118. The molecule has 5 aromatic rings. The highest BCUT2D eigenvalue weighted by Crippen LogP contribution is 2.25. The van der Waals surface area contributed by atoms with Gasteiger partial charge in [0, 0.05) is 29.9 Å². The van der Waals surface area contributed by atoms with Crippen molar-refractivity contribution in [2.75, 3.05) is 11.6 Å². The monoisotopic (exact) mass is 612 g/mol. The van der Waals surface area contributed by atoms with Crippen LogP contribution in [0.2, 0.25) is 5.02 Å². The van der Waals surface area contributed by atoms with Gasteiger partial charge in [-0.25, -0.2) is 13.2 Å². The molecule has 218 valence electrons. The lowest BCUT2D eigenvalue weighted by atomic mass is 10.0. The minimum atomic E-state index is -3.29. The number of nitrogens with one attached hydrogen (secondary N) is 2. The molecule has 0 aliphatic heterocycles. The molecule has 1 atom stereocenters. The summed E-state index contributed by atoms with van der Waals surface area (Å²) in [6, 6.07) is 31.6. The van der Waals surface area contributed by atoms with Gasteiger partial charge in [-0.15, -0.1) is 0 Å². The Bertz CT molecular complexity index is 1900. The average Bonchev–Trinajstić information content (AvgIpc) is 3.00. The van der Waals surface area contributed by atoms with Gasteiger partial charge in [-0.3, -0.25) is 4.79 Å². The third-order valence-corrected chi connectivity index (χ3v) is 8.55. The minimum absolute atomic E-state index is 0.0632. The van der Waals surface area contributed by atoms with Crippen molar-refractivity contribution in [3.05, 3.63) is 131 Å². The lowest BCUT2D eigenvalue weighted by Crippen LogP contribution is -2.42. The van der Waals surface area contributed by atoms with Crippen molar-refractivity contribution < 1.29 is 23.1 Å². The summed E-state index contributed by atoms with van der Waals surface area (Å²) in [5.41, 5.74) is 4.21. The van der Waals surface area contributed by atoms with Crippen molar-refractivity contribution in [1.82, 2.24) is 5.32 Å². The van der Waals surface area contributed by atoms with Gasteiger partial charge in [0.05, 0.1) is 10.5 Å². The van der Waals surface area contributed by atoms with E-state index in [0.717, 1.165) is 33.7 Å². The molecule has 1 amide bonds. The number of sulfone groups is 1. The van der Waals surface area contributed by atoms with E-state index in [9.17, 15) is 23.1 Å². The largest absolute Gasteiger partial charge is 0.480 e. The molecule has 0 radical (unpaired) electrons. The van der Waals surface area contributed by atoms with Crippen molar-refractivity contribution in [2.24, 2.45) is 0 Å². The maximum absolute atomic E-state index is 13.4. The number of halogens is 1. The first-order valence-corrected chi connectivity index (χ1v) is 15.8. The summed E-state index contributed by atoms with van der Waals surface area (Å²) in [5, 5.41) is 18.5. The molecule has 0 bridgehead atoms. The second-order valence-electron chi connectivity index (χ2n) is 10.2. The van der Waals surface area contributed by atoms with Crippen LogP contribution >= 0.6 is 11.6 Å². The quantitative estimate of drug-likeness (QED) is 0.164. The van der Waals surface area contributed by atoms with Gasteiger partial charge < -0.3 is 15.7 Å². The number of carboxylic acids is 1. The number of fused-ring (bicyclic) bond motifs is 1. The fourth-order valence-corrected chi connectivity index (χ4v) is 5.70. The molecule has 0 heterocycles. The number of hydrogen-bond donors (Lipinski definition) is 3. The van der Waals surface area contributed by atoms with E-state index >= 15 is 0 Å². The lowest BCUT2D eigenvalue weighted by Gasteiger charge is -2.18. The average molecular weight is 613 g/mol. The van der Waals surface area contributed by atoms with E-state index in [1.54, 1.807) is 48.5 Å². The third-order valence-electron chi connectivity index (χ3n) is 7.19. The molecule has 7 nitrogen and oxygen atoms in total. The number of carbonyl (C=O) groups excluding carboxylic acids is 1. The van der Waals surface area contributed by atoms with Gasteiger partial charge in [0.2, 0.25) is 0 Å². The van der Waals surface area contributed by atoms with E-state index in [1.807, 2.05) is 54.6 Å². The Kier molecular flexibility index (Phi) is 8.80. The molecule has 3 N–H and O–H groups in total. The van der Waals surface area contributed by atoms with Crippen molar-refractivity contribution in [2.45, 2.75) is 23.9 Å². The van der Waals surface area contributed by atoms with E-state index in [-0.39, 0.29) is 16.9 Å². The molecule has 43 heavy (non-hydrogen) atoms. The van der Waals surface area contributed by atoms with Crippen LogP contribution < -0.4 is 10.6 Å². The maximum Gasteiger partial charge on any atom is 0.326 e. The van der Waals surface area contributed by atoms with Crippen molar-refractivity contribution in [1.29, 1.82) is 0 Å². The molecular weight excluding hydrogens is 584 g/mol. The van der Waals surface area contributed by atoms with Crippen LogP contribution in [0.1, 0.15) is 21.5 Å². The molecule has 5 rings (SSSR count). The van der Waals surface area contributed by atoms with Crippen LogP contribution in [0.4, 0.5) is 5.69 Å². The topological polar surface area (TPSA) is 113 Å². The summed E-state index contributed by atoms with van der Waals surface area (Å²) in [4.78, 5) is 25.8. The smallest absolute Gasteiger partial charge is 0.326 e. The van der Waals surface area contributed by atoms with Gasteiger partial charge in [0.1, 0.15) is 6.04 Å². The predicted octanol–water partition coefficient (Wildman–Crippen LogP) is 6.60. The van der Waals surface area contributed by atoms with Crippen molar-refractivity contribution in [3.63, 3.8) is 0 Å². The van der Waals surface area contributed by atoms with E-state index in [2.05, 4.69) is 10.6 Å². The van der Waals surface area contributed by atoms with Gasteiger partial charge in [0.25, 0.3) is 5.91 Å². The molecule has 0 aliphatic carbocycles. The second kappa shape index (κ2) is 12.7. The highest BCUT2D eigenvalue weighted by molar-refractivity contribution is 7.90. The summed E-state index contributed by atoms with van der Waals surface area (Å²) in [6.07, 6.45) is 1.22. The standard InChI is InChI=1S/C34H29ClN2O5S/c1-43(41,42)28-16-13-24(14-17-28)23-11-9-22(10-12-23)19-32(34(39)40)37-33(38)30-20-27(35)15-18-31(30)36-21-26-7-4-6-25-5-2-3-8-29(25)26/h2-18,20,32,36H,19,21H2,1H3,(H,37,38)(H,39,40). The minimum Gasteiger partial charge on any atom is -0.480 e. The van der Waals surface area contributed by atoms with Crippen LogP contribution in [0.3, 0.4) is 0 Å². The molecule has 0 aliphatic rings. The zero-order chi connectivity index (χ0) is 30.6. The third kappa shape index (κ3) is 7.23. The van der Waals surface area contributed by atoms with Gasteiger partial charge >= 0.3 is 5.97 Å². The maximum atomic E-state index is 13.4. The van der Waals surface area contributed by atoms with E-state index < -0.39 is 27.8 Å². The number of carbonyl (C=O) groups is 2. The van der Waals surface area contributed by atoms with Gasteiger partial charge in [-0.05, 0) is 63.4 Å². The highest BCUT2D eigenvalue weighted by atomic mass is 35.5. The van der Waals surface area contributed by atoms with Crippen molar-refractivity contribution >= 4 is 49.8 Å². The molecule has 1 unspecified atom stereocenters. The Labute approximate surface area is 255 Å².